The van der Waals surface area contributed by atoms with Crippen molar-refractivity contribution in [2.24, 2.45) is 11.5 Å². The van der Waals surface area contributed by atoms with Crippen LogP contribution in [0.15, 0.2) is 144 Å². The van der Waals surface area contributed by atoms with Gasteiger partial charge in [-0.25, -0.2) is 18.7 Å². The Labute approximate surface area is 510 Å². The summed E-state index contributed by atoms with van der Waals surface area (Å²) in [6.07, 6.45) is 11.1. The Kier molecular flexibility index (Phi) is 31.3. The molecular weight excluding hydrogens is 1280 g/mol. The number of amides is 3. The summed E-state index contributed by atoms with van der Waals surface area (Å²) in [4.78, 5) is 81.5. The van der Waals surface area contributed by atoms with E-state index in [9.17, 15) is 37.5 Å². The van der Waals surface area contributed by atoms with Crippen molar-refractivity contribution in [3.8, 4) is 24.2 Å². The first-order chi connectivity index (χ1) is 40.1. The topological polar surface area (TPSA) is 289 Å². The highest BCUT2D eigenvalue weighted by Crippen LogP contribution is 2.22. The van der Waals surface area contributed by atoms with Gasteiger partial charge in [0.1, 0.15) is 23.3 Å². The maximum absolute atomic E-state index is 13.2. The van der Waals surface area contributed by atoms with E-state index in [1.54, 1.807) is 84.9 Å². The number of aromatic amines is 2. The number of aromatic nitrogens is 4. The van der Waals surface area contributed by atoms with Crippen molar-refractivity contribution < 1.29 is 42.5 Å². The first-order valence-electron chi connectivity index (χ1n) is 25.8. The Hall–Kier alpha value is -8.38. The van der Waals surface area contributed by atoms with Crippen LogP contribution in [0.4, 0.5) is 20.2 Å². The zero-order valence-corrected chi connectivity index (χ0v) is 51.2. The smallest absolute Gasteiger partial charge is 0.305 e. The Bertz CT molecular complexity index is 3750. The molecule has 0 unspecified atom stereocenters. The molecule has 0 bridgehead atoms. The molecule has 440 valence electrons. The summed E-state index contributed by atoms with van der Waals surface area (Å²) in [7, 11) is 2.99. The van der Waals surface area contributed by atoms with Gasteiger partial charge in [-0.3, -0.25) is 28.8 Å². The molecule has 0 aliphatic carbocycles. The molecule has 3 amide bonds. The molecule has 17 nitrogen and oxygen atoms in total. The van der Waals surface area contributed by atoms with Gasteiger partial charge >= 0.3 is 5.97 Å². The number of methoxy groups -OCH3 is 2. The number of unbranched alkanes of at least 4 members (excludes halogenated alkanes) is 2. The van der Waals surface area contributed by atoms with E-state index in [1.165, 1.54) is 38.5 Å². The van der Waals surface area contributed by atoms with Gasteiger partial charge in [-0.15, -0.1) is 6.42 Å². The van der Waals surface area contributed by atoms with Crippen LogP contribution in [0.5, 0.6) is 0 Å². The number of ether oxygens (including phenoxy) is 2. The molecule has 0 atom stereocenters. The lowest BCUT2D eigenvalue weighted by molar-refractivity contribution is -0.138. The van der Waals surface area contributed by atoms with Crippen molar-refractivity contribution >= 4 is 105 Å². The number of nitrogens with one attached hydrogen (secondary N) is 3. The summed E-state index contributed by atoms with van der Waals surface area (Å²) < 4.78 is 37.2. The molecule has 0 aliphatic rings. The lowest BCUT2D eigenvalue weighted by Crippen LogP contribution is -2.19. The van der Waals surface area contributed by atoms with E-state index in [0.717, 1.165) is 68.8 Å². The number of rotatable bonds is 15. The number of aliphatic carboxylic acids is 1. The highest BCUT2D eigenvalue weighted by Gasteiger charge is 2.12. The average Bonchev–Trinajstić information content (AvgIpc) is 3.64. The second kappa shape index (κ2) is 37.7. The number of hydrogen-bond acceptors (Lipinski definition) is 11. The predicted molar refractivity (Wildman–Crippen MR) is 335 cm³/mol. The minimum atomic E-state index is -0.818. The van der Waals surface area contributed by atoms with Gasteiger partial charge in [-0.1, -0.05) is 104 Å². The number of terminal acetylenes is 1. The third-order valence-corrected chi connectivity index (χ3v) is 12.5. The Morgan fingerprint density at radius 1 is 0.631 bits per heavy atom. The number of hydrogen-bond donors (Lipinski definition) is 7. The van der Waals surface area contributed by atoms with E-state index < -0.39 is 17.8 Å². The van der Waals surface area contributed by atoms with Gasteiger partial charge in [0, 0.05) is 62.9 Å². The van der Waals surface area contributed by atoms with Crippen molar-refractivity contribution in [3.63, 3.8) is 0 Å². The molecule has 2 heterocycles. The van der Waals surface area contributed by atoms with Crippen LogP contribution in [0.25, 0.3) is 21.8 Å². The Morgan fingerprint density at radius 2 is 1.10 bits per heavy atom. The van der Waals surface area contributed by atoms with Crippen LogP contribution in [0.3, 0.4) is 0 Å². The van der Waals surface area contributed by atoms with Crippen molar-refractivity contribution in [3.05, 3.63) is 207 Å². The summed E-state index contributed by atoms with van der Waals surface area (Å²) in [5.74, 6) is 6.99. The molecule has 0 radical (unpaired) electrons. The number of fused-ring (bicyclic) bond motifs is 2. The predicted octanol–water partition coefficient (Wildman–Crippen LogP) is 11.4. The van der Waals surface area contributed by atoms with Gasteiger partial charge in [0.25, 0.3) is 22.9 Å². The molecule has 0 saturated carbocycles. The molecule has 0 saturated heterocycles. The molecule has 8 rings (SSSR count). The second-order valence-electron chi connectivity index (χ2n) is 17.6. The van der Waals surface area contributed by atoms with Gasteiger partial charge in [0.05, 0.1) is 64.7 Å². The monoisotopic (exact) mass is 1340 g/mol. The molecule has 6 aromatic carbocycles. The number of aryl methyl sites for hydroxylation is 2. The number of nitrogens with two attached hydrogens (primary N) is 3. The van der Waals surface area contributed by atoms with Crippen LogP contribution in [0.2, 0.25) is 0 Å². The molecule has 0 spiro atoms. The van der Waals surface area contributed by atoms with Crippen LogP contribution in [0.1, 0.15) is 101 Å². The number of halogens is 5. The SMILES string of the molecule is C#Cc1cccc(F)c1.CCCCc1nc2cc(Br)ccc2c(=O)[nH]1.CCCCc1nc2cc(C#Cc3cccc(F)c3)ccc2c(=O)[nH]1.COCCC(=O)Nc1cc(Br)ccc1C(N)=O.COCCC(=O)O.NC(=O)c1ccc(Br)cc1N. The van der Waals surface area contributed by atoms with Gasteiger partial charge in [0.15, 0.2) is 0 Å². The van der Waals surface area contributed by atoms with E-state index in [-0.39, 0.29) is 47.1 Å². The van der Waals surface area contributed by atoms with Crippen LogP contribution in [-0.4, -0.2) is 76.2 Å². The van der Waals surface area contributed by atoms with Gasteiger partial charge in [0.2, 0.25) is 5.91 Å². The number of nitrogens with zero attached hydrogens (tertiary/aromatic N) is 2. The fourth-order valence-electron chi connectivity index (χ4n) is 6.83. The zero-order chi connectivity index (χ0) is 62.1. The van der Waals surface area contributed by atoms with E-state index in [0.29, 0.717) is 63.4 Å². The first-order valence-corrected chi connectivity index (χ1v) is 28.1. The van der Waals surface area contributed by atoms with Crippen molar-refractivity contribution in [1.29, 1.82) is 0 Å². The molecule has 8 aromatic rings. The molecule has 0 fully saturated rings. The number of H-pyrrole nitrogens is 2. The lowest BCUT2D eigenvalue weighted by atomic mass is 10.1. The molecular formula is C62H63Br3F2N8O9. The maximum Gasteiger partial charge on any atom is 0.305 e. The van der Waals surface area contributed by atoms with Gasteiger partial charge in [-0.05, 0) is 122 Å². The standard InChI is InChI=1S/C20H17FN2O.C12H13BrN2O.C11H13BrN2O3.C8H5F.C7H7BrN2O.C4H8O3/c1-2-3-7-19-22-18-13-15(10-11-17(18)20(24)23-19)9-8-14-5-4-6-16(21)12-14;1-2-3-4-11-14-10-7-8(13)5-6-9(10)12(16)15-11;1-17-5-4-10(15)14-9-6-7(12)2-3-8(9)11(13)16;1-2-7-4-3-5-8(9)6-7;8-4-1-2-5(7(10)11)6(9)3-4;1-7-3-2-4(5)6/h4-6,10-13H,2-3,7H2,1H3,(H,22,23,24);5-7H,2-4H2,1H3,(H,14,15,16);2-3,6H,4-5H2,1H3,(H2,13,16)(H,14,15);1,3-6H;1-3H,9H2,(H2,10,11);2-3H2,1H3,(H,5,6). The lowest BCUT2D eigenvalue weighted by Gasteiger charge is -2.09. The van der Waals surface area contributed by atoms with Crippen LogP contribution < -0.4 is 33.6 Å². The van der Waals surface area contributed by atoms with E-state index >= 15 is 0 Å². The molecule has 0 aliphatic heterocycles. The number of carboxylic acid groups (broad SMARTS) is 1. The highest BCUT2D eigenvalue weighted by molar-refractivity contribution is 9.11. The minimum absolute atomic E-state index is 0.0522. The second-order valence-corrected chi connectivity index (χ2v) is 20.4. The van der Waals surface area contributed by atoms with Crippen LogP contribution >= 0.6 is 47.8 Å². The number of primary amides is 2. The van der Waals surface area contributed by atoms with Crippen molar-refractivity contribution in [2.75, 3.05) is 38.5 Å². The van der Waals surface area contributed by atoms with Crippen LogP contribution in [0, 0.1) is 35.8 Å². The van der Waals surface area contributed by atoms with E-state index in [2.05, 4.69) is 109 Å². The molecule has 10 N–H and O–H groups in total. The highest BCUT2D eigenvalue weighted by atomic mass is 79.9. The fourth-order valence-corrected chi connectivity index (χ4v) is 7.92. The van der Waals surface area contributed by atoms with Crippen molar-refractivity contribution in [2.45, 2.75) is 65.2 Å². The molecule has 2 aromatic heterocycles. The number of carbonyl (C=O) groups excluding carboxylic acids is 3. The number of benzene rings is 6. The minimum Gasteiger partial charge on any atom is -0.481 e. The van der Waals surface area contributed by atoms with Gasteiger partial charge < -0.3 is 47.1 Å². The first kappa shape index (κ1) is 69.9. The maximum atomic E-state index is 13.2. The van der Waals surface area contributed by atoms with Gasteiger partial charge in [-0.2, -0.15) is 0 Å². The number of carbonyl (C=O) groups is 4. The largest absolute Gasteiger partial charge is 0.481 e. The van der Waals surface area contributed by atoms with E-state index in [4.69, 9.17) is 33.5 Å². The third kappa shape index (κ3) is 25.8. The third-order valence-electron chi connectivity index (χ3n) is 11.0. The summed E-state index contributed by atoms with van der Waals surface area (Å²) in [6.45, 7) is 4.84. The summed E-state index contributed by atoms with van der Waals surface area (Å²) in [6, 6.07) is 32.7. The normalized spacial score (nSPS) is 9.95. The van der Waals surface area contributed by atoms with Crippen LogP contribution in [-0.2, 0) is 31.9 Å². The summed E-state index contributed by atoms with van der Waals surface area (Å²) in [5.41, 5.74) is 20.3. The summed E-state index contributed by atoms with van der Waals surface area (Å²) >= 11 is 9.86. The molecule has 84 heavy (non-hydrogen) atoms. The van der Waals surface area contributed by atoms with E-state index in [1.807, 2.05) is 12.1 Å². The molecule has 22 heteroatoms. The Morgan fingerprint density at radius 3 is 1.57 bits per heavy atom. The average molecular weight is 1340 g/mol. The number of nitrogen functional groups attached to an aromatic ring is 1. The quantitative estimate of drug-likeness (QED) is 0.0373. The number of anilines is 2. The summed E-state index contributed by atoms with van der Waals surface area (Å²) in [5, 5.41) is 11.8. The number of carboxylic acids is 1. The van der Waals surface area contributed by atoms with Crippen molar-refractivity contribution in [1.82, 2.24) is 19.9 Å². The zero-order valence-electron chi connectivity index (χ0n) is 46.4. The Balaban J connectivity index is 0.000000276. The fraction of sp³-hybridized carbons (Fsp3) is 0.226.